The second-order valence-corrected chi connectivity index (χ2v) is 6.77. The minimum Gasteiger partial charge on any atom is -0.0619 e. The highest BCUT2D eigenvalue weighted by molar-refractivity contribution is 5.73. The van der Waals surface area contributed by atoms with E-state index in [4.69, 9.17) is 0 Å². The first kappa shape index (κ1) is 15.8. The molecule has 0 spiro atoms. The third kappa shape index (κ3) is 3.20. The van der Waals surface area contributed by atoms with Crippen molar-refractivity contribution in [2.24, 2.45) is 0 Å². The van der Waals surface area contributed by atoms with Crippen LogP contribution in [0.5, 0.6) is 0 Å². The Labute approximate surface area is 130 Å². The molecule has 0 unspecified atom stereocenters. The number of hydrogen-bond acceptors (Lipinski definition) is 0. The van der Waals surface area contributed by atoms with Crippen molar-refractivity contribution in [2.75, 3.05) is 0 Å². The summed E-state index contributed by atoms with van der Waals surface area (Å²) in [6.45, 7) is 13.6. The quantitative estimate of drug-likeness (QED) is 0.597. The van der Waals surface area contributed by atoms with Gasteiger partial charge in [-0.3, -0.25) is 0 Å². The highest BCUT2D eigenvalue weighted by Crippen LogP contribution is 2.38. The van der Waals surface area contributed by atoms with E-state index >= 15 is 0 Å². The van der Waals surface area contributed by atoms with Gasteiger partial charge in [0.1, 0.15) is 0 Å². The van der Waals surface area contributed by atoms with Crippen LogP contribution in [0.3, 0.4) is 0 Å². The van der Waals surface area contributed by atoms with Gasteiger partial charge in [0.25, 0.3) is 0 Å². The smallest absolute Gasteiger partial charge is 0.0143 e. The highest BCUT2D eigenvalue weighted by Gasteiger charge is 2.18. The molecule has 0 nitrogen and oxygen atoms in total. The molecule has 0 aliphatic rings. The summed E-state index contributed by atoms with van der Waals surface area (Å²) in [5.41, 5.74) is 7.02. The average Bonchev–Trinajstić information content (AvgIpc) is 2.46. The summed E-state index contributed by atoms with van der Waals surface area (Å²) in [7, 11) is 0. The second kappa shape index (κ2) is 6.47. The molecule has 0 bridgehead atoms. The molecule has 0 heteroatoms. The molecule has 0 saturated heterocycles. The molecule has 0 saturated carbocycles. The van der Waals surface area contributed by atoms with Gasteiger partial charge in [-0.05, 0) is 51.6 Å². The fourth-order valence-electron chi connectivity index (χ4n) is 3.11. The Hall–Kier alpha value is -1.56. The van der Waals surface area contributed by atoms with Crippen LogP contribution in [0.4, 0.5) is 0 Å². The van der Waals surface area contributed by atoms with Gasteiger partial charge < -0.3 is 0 Å². The van der Waals surface area contributed by atoms with Gasteiger partial charge in [-0.25, -0.2) is 0 Å². The summed E-state index contributed by atoms with van der Waals surface area (Å²) in [6.07, 6.45) is 0. The summed E-state index contributed by atoms with van der Waals surface area (Å²) in [5.74, 6) is 1.55. The Kier molecular flexibility index (Phi) is 4.88. The van der Waals surface area contributed by atoms with Crippen LogP contribution in [0.2, 0.25) is 0 Å². The van der Waals surface area contributed by atoms with Crippen molar-refractivity contribution < 1.29 is 0 Å². The van der Waals surface area contributed by atoms with E-state index in [0.29, 0.717) is 17.8 Å². The lowest BCUT2D eigenvalue weighted by Gasteiger charge is -2.22. The topological polar surface area (TPSA) is 0 Å². The summed E-state index contributed by atoms with van der Waals surface area (Å²) in [5, 5.41) is 0. The lowest BCUT2D eigenvalue weighted by Crippen LogP contribution is -2.03. The largest absolute Gasteiger partial charge is 0.0619 e. The molecule has 0 aromatic heterocycles. The molecule has 0 aliphatic heterocycles. The van der Waals surface area contributed by atoms with E-state index in [2.05, 4.69) is 84.0 Å². The van der Waals surface area contributed by atoms with Gasteiger partial charge in [-0.2, -0.15) is 0 Å². The van der Waals surface area contributed by atoms with Crippen LogP contribution in [-0.2, 0) is 0 Å². The first-order valence-electron chi connectivity index (χ1n) is 8.07. The summed E-state index contributed by atoms with van der Waals surface area (Å²) < 4.78 is 0. The van der Waals surface area contributed by atoms with E-state index in [1.807, 2.05) is 0 Å². The van der Waals surface area contributed by atoms with Crippen molar-refractivity contribution in [1.82, 2.24) is 0 Å². The molecule has 1 radical (unpaired) electrons. The van der Waals surface area contributed by atoms with E-state index < -0.39 is 0 Å². The minimum atomic E-state index is 0.508. The van der Waals surface area contributed by atoms with Gasteiger partial charge in [-0.1, -0.05) is 77.9 Å². The Balaban J connectivity index is 2.73. The maximum atomic E-state index is 3.48. The van der Waals surface area contributed by atoms with Gasteiger partial charge in [-0.15, -0.1) is 0 Å². The Morgan fingerprint density at radius 1 is 0.714 bits per heavy atom. The zero-order chi connectivity index (χ0) is 15.6. The van der Waals surface area contributed by atoms with Gasteiger partial charge in [0.05, 0.1) is 0 Å². The summed E-state index contributed by atoms with van der Waals surface area (Å²) in [6, 6.07) is 16.6. The standard InChI is InChI=1S/C21H27/c1-14(2)17-10-7-8-11-19(17)20-13-9-12-18(15(3)4)21(20)16(5)6/h7-11,13-16H,1-6H3. The molecule has 0 heterocycles. The predicted octanol–water partition coefficient (Wildman–Crippen LogP) is 6.52. The van der Waals surface area contributed by atoms with Crippen LogP contribution >= 0.6 is 0 Å². The van der Waals surface area contributed by atoms with Gasteiger partial charge in [0.15, 0.2) is 0 Å². The Bertz CT molecular complexity index is 603. The van der Waals surface area contributed by atoms with Crippen molar-refractivity contribution >= 4 is 0 Å². The molecule has 0 N–H and O–H groups in total. The maximum Gasteiger partial charge on any atom is -0.0143 e. The number of rotatable bonds is 4. The van der Waals surface area contributed by atoms with Crippen molar-refractivity contribution in [2.45, 2.75) is 59.3 Å². The van der Waals surface area contributed by atoms with E-state index in [0.717, 1.165) is 0 Å². The lowest BCUT2D eigenvalue weighted by atomic mass is 9.82. The van der Waals surface area contributed by atoms with Crippen molar-refractivity contribution in [3.63, 3.8) is 0 Å². The van der Waals surface area contributed by atoms with Gasteiger partial charge >= 0.3 is 0 Å². The minimum absolute atomic E-state index is 0.508. The van der Waals surface area contributed by atoms with E-state index in [9.17, 15) is 0 Å². The maximum absolute atomic E-state index is 3.48. The molecular weight excluding hydrogens is 252 g/mol. The normalized spacial score (nSPS) is 11.7. The first-order chi connectivity index (χ1) is 9.93. The Morgan fingerprint density at radius 3 is 1.95 bits per heavy atom. The van der Waals surface area contributed by atoms with Crippen molar-refractivity contribution in [3.05, 3.63) is 59.2 Å². The molecular formula is C21H27. The van der Waals surface area contributed by atoms with E-state index in [1.165, 1.54) is 27.8 Å². The molecule has 111 valence electrons. The molecule has 2 aromatic rings. The van der Waals surface area contributed by atoms with Crippen LogP contribution in [0.15, 0.2) is 36.4 Å². The molecule has 0 aliphatic carbocycles. The van der Waals surface area contributed by atoms with Crippen LogP contribution < -0.4 is 0 Å². The SMILES string of the molecule is CC(C)c1[c]ccc(-c2ccccc2C(C)C)c1C(C)C. The van der Waals surface area contributed by atoms with Gasteiger partial charge in [0.2, 0.25) is 0 Å². The summed E-state index contributed by atoms with van der Waals surface area (Å²) in [4.78, 5) is 0. The molecule has 0 fully saturated rings. The fraction of sp³-hybridized carbons (Fsp3) is 0.429. The molecule has 2 rings (SSSR count). The molecule has 21 heavy (non-hydrogen) atoms. The number of hydrogen-bond donors (Lipinski definition) is 0. The van der Waals surface area contributed by atoms with E-state index in [-0.39, 0.29) is 0 Å². The zero-order valence-electron chi connectivity index (χ0n) is 14.2. The Morgan fingerprint density at radius 2 is 1.38 bits per heavy atom. The summed E-state index contributed by atoms with van der Waals surface area (Å²) >= 11 is 0. The average molecular weight is 279 g/mol. The third-order valence-corrected chi connectivity index (χ3v) is 4.10. The monoisotopic (exact) mass is 279 g/mol. The van der Waals surface area contributed by atoms with Crippen LogP contribution in [-0.4, -0.2) is 0 Å². The van der Waals surface area contributed by atoms with Crippen LogP contribution in [0.1, 0.15) is 76.0 Å². The molecule has 2 aromatic carbocycles. The van der Waals surface area contributed by atoms with Crippen molar-refractivity contribution in [1.29, 1.82) is 0 Å². The fourth-order valence-corrected chi connectivity index (χ4v) is 3.11. The predicted molar refractivity (Wildman–Crippen MR) is 93.0 cm³/mol. The lowest BCUT2D eigenvalue weighted by molar-refractivity contribution is 0.789. The van der Waals surface area contributed by atoms with Crippen LogP contribution in [0, 0.1) is 6.07 Å². The molecule has 0 amide bonds. The first-order valence-corrected chi connectivity index (χ1v) is 8.07. The van der Waals surface area contributed by atoms with E-state index in [1.54, 1.807) is 0 Å². The number of benzene rings is 2. The zero-order valence-corrected chi connectivity index (χ0v) is 14.2. The van der Waals surface area contributed by atoms with Gasteiger partial charge in [0, 0.05) is 0 Å². The third-order valence-electron chi connectivity index (χ3n) is 4.10. The highest BCUT2D eigenvalue weighted by atomic mass is 14.2. The van der Waals surface area contributed by atoms with Crippen molar-refractivity contribution in [3.8, 4) is 11.1 Å². The van der Waals surface area contributed by atoms with Crippen LogP contribution in [0.25, 0.3) is 11.1 Å². The second-order valence-electron chi connectivity index (χ2n) is 6.77. The molecule has 0 atom stereocenters.